The SMILES string of the molecule is Cc1ccc(CN(c2ccc(C)cc2)c2ccc(F)[c]([Ti]([c]3c(F)ccc(N(Cc4ccc(C)cc4)c4ccc(C)cc4)c3F)([CH]3C=CC=C3)[CH]3C=CC=C3)c2F)cc1. The molecule has 8 rings (SSSR count). The van der Waals surface area contributed by atoms with Crippen LogP contribution in [0.25, 0.3) is 0 Å². The molecule has 0 saturated carbocycles. The topological polar surface area (TPSA) is 6.48 Å². The van der Waals surface area contributed by atoms with E-state index in [2.05, 4.69) is 0 Å². The van der Waals surface area contributed by atoms with Crippen LogP contribution in [0, 0.1) is 51.0 Å². The third-order valence-electron chi connectivity index (χ3n) is 11.7. The van der Waals surface area contributed by atoms with Crippen LogP contribution in [0.3, 0.4) is 0 Å². The number of benzene rings is 6. The molecule has 2 aliphatic rings. The van der Waals surface area contributed by atoms with Crippen molar-refractivity contribution in [1.29, 1.82) is 0 Å². The fourth-order valence-corrected chi connectivity index (χ4v) is 17.4. The van der Waals surface area contributed by atoms with Gasteiger partial charge in [-0.05, 0) is 0 Å². The normalized spacial score (nSPS) is 13.8. The summed E-state index contributed by atoms with van der Waals surface area (Å²) in [4.78, 5) is 3.67. The van der Waals surface area contributed by atoms with Crippen LogP contribution in [0.5, 0.6) is 0 Å². The number of nitrogens with zero attached hydrogens (tertiary/aromatic N) is 2. The van der Waals surface area contributed by atoms with E-state index in [4.69, 9.17) is 0 Å². The second-order valence-corrected chi connectivity index (χ2v) is 22.1. The third kappa shape index (κ3) is 7.80. The number of anilines is 4. The standard InChI is InChI=1S/2C21H18F2N.2C5H5.Ti/c2*1-15-3-7-17(8-4-15)14-24(19-10-5-16(2)6-11-19)21-12-9-18(22)13-20(21)23;2*1-2-4-5-3-1;/h2*3-12H,14H2,1-2H3;2*1-5H;. The summed E-state index contributed by atoms with van der Waals surface area (Å²) in [7, 11) is 0. The van der Waals surface area contributed by atoms with Gasteiger partial charge in [-0.25, -0.2) is 0 Å². The molecule has 0 aliphatic heterocycles. The van der Waals surface area contributed by atoms with E-state index in [0.717, 1.165) is 33.4 Å². The number of halogens is 4. The Labute approximate surface area is 348 Å². The van der Waals surface area contributed by atoms with Crippen LogP contribution in [0.15, 0.2) is 170 Å². The molecule has 0 bridgehead atoms. The molecule has 2 aliphatic carbocycles. The Hall–Kier alpha value is -5.69. The average Bonchev–Trinajstić information content (AvgIpc) is 3.98. The van der Waals surface area contributed by atoms with Crippen LogP contribution >= 0.6 is 0 Å². The molecule has 0 aromatic heterocycles. The first-order valence-corrected chi connectivity index (χ1v) is 23.4. The summed E-state index contributed by atoms with van der Waals surface area (Å²) in [6.07, 6.45) is 14.7. The fourth-order valence-electron chi connectivity index (χ4n) is 8.58. The van der Waals surface area contributed by atoms with Gasteiger partial charge in [0, 0.05) is 0 Å². The van der Waals surface area contributed by atoms with Crippen molar-refractivity contribution in [3.8, 4) is 0 Å². The van der Waals surface area contributed by atoms with E-state index in [9.17, 15) is 0 Å². The Morgan fingerprint density at radius 3 is 1.03 bits per heavy atom. The van der Waals surface area contributed by atoms with Crippen molar-refractivity contribution >= 4 is 30.5 Å². The third-order valence-corrected chi connectivity index (χ3v) is 20.2. The molecular weight excluding hydrogens is 776 g/mol. The van der Waals surface area contributed by atoms with E-state index in [1.54, 1.807) is 0 Å². The van der Waals surface area contributed by atoms with Gasteiger partial charge in [0.25, 0.3) is 0 Å². The number of hydrogen-bond donors (Lipinski definition) is 0. The monoisotopic (exact) mass is 822 g/mol. The van der Waals surface area contributed by atoms with E-state index in [1.165, 1.54) is 24.3 Å². The van der Waals surface area contributed by atoms with Crippen LogP contribution in [0.1, 0.15) is 33.4 Å². The molecule has 296 valence electrons. The Morgan fingerprint density at radius 2 is 0.712 bits per heavy atom. The number of allylic oxidation sites excluding steroid dienone is 8. The summed E-state index contributed by atoms with van der Waals surface area (Å²) in [5, 5.41) is 0. The first-order valence-electron chi connectivity index (χ1n) is 20.0. The summed E-state index contributed by atoms with van der Waals surface area (Å²) < 4.78 is 69.6. The van der Waals surface area contributed by atoms with Crippen molar-refractivity contribution in [2.45, 2.75) is 49.2 Å². The Balaban J connectivity index is 1.40. The molecular formula is C52H46F4N2Ti. The zero-order chi connectivity index (χ0) is 41.3. The molecule has 0 N–H and O–H groups in total. The second-order valence-electron chi connectivity index (χ2n) is 15.8. The van der Waals surface area contributed by atoms with Gasteiger partial charge in [-0.15, -0.1) is 0 Å². The quantitative estimate of drug-likeness (QED) is 0.0896. The van der Waals surface area contributed by atoms with E-state index in [0.29, 0.717) is 11.4 Å². The van der Waals surface area contributed by atoms with E-state index in [1.807, 2.05) is 183 Å². The van der Waals surface area contributed by atoms with Gasteiger partial charge in [-0.3, -0.25) is 0 Å². The predicted octanol–water partition coefficient (Wildman–Crippen LogP) is 13.1. The summed E-state index contributed by atoms with van der Waals surface area (Å²) in [6.45, 7) is 8.53. The first-order chi connectivity index (χ1) is 28.5. The molecule has 0 fully saturated rings. The fraction of sp³-hybridized carbons (Fsp3) is 0.154. The van der Waals surface area contributed by atoms with Gasteiger partial charge in [0.05, 0.1) is 0 Å². The number of aryl methyl sites for hydroxylation is 4. The molecule has 7 heteroatoms. The average molecular weight is 823 g/mol. The predicted molar refractivity (Wildman–Crippen MR) is 232 cm³/mol. The molecule has 0 heterocycles. The molecule has 0 saturated heterocycles. The van der Waals surface area contributed by atoms with Crippen molar-refractivity contribution in [3.05, 3.63) is 227 Å². The van der Waals surface area contributed by atoms with Crippen LogP contribution < -0.4 is 17.5 Å². The number of hydrogen-bond acceptors (Lipinski definition) is 2. The molecule has 0 amide bonds. The van der Waals surface area contributed by atoms with Crippen molar-refractivity contribution < 1.29 is 34.2 Å². The summed E-state index contributed by atoms with van der Waals surface area (Å²) in [5.74, 6) is -3.24. The van der Waals surface area contributed by atoms with Gasteiger partial charge in [-0.2, -0.15) is 0 Å². The van der Waals surface area contributed by atoms with Crippen LogP contribution in [-0.2, 0) is 29.7 Å². The molecule has 6 aromatic rings. The van der Waals surface area contributed by atoms with Crippen molar-refractivity contribution in [2.75, 3.05) is 9.80 Å². The van der Waals surface area contributed by atoms with Crippen LogP contribution in [0.2, 0.25) is 8.45 Å². The van der Waals surface area contributed by atoms with Crippen LogP contribution in [-0.4, -0.2) is 0 Å². The van der Waals surface area contributed by atoms with Gasteiger partial charge in [0.2, 0.25) is 0 Å². The first kappa shape index (κ1) is 40.1. The van der Waals surface area contributed by atoms with Crippen molar-refractivity contribution in [1.82, 2.24) is 0 Å². The number of rotatable bonds is 12. The molecule has 2 nitrogen and oxygen atoms in total. The molecule has 0 radical (unpaired) electrons. The van der Waals surface area contributed by atoms with Gasteiger partial charge in [0.15, 0.2) is 0 Å². The van der Waals surface area contributed by atoms with E-state index < -0.39 is 48.3 Å². The van der Waals surface area contributed by atoms with Crippen molar-refractivity contribution in [3.63, 3.8) is 0 Å². The summed E-state index contributed by atoms with van der Waals surface area (Å²) in [6, 6.07) is 37.0. The zero-order valence-electron chi connectivity index (χ0n) is 33.6. The van der Waals surface area contributed by atoms with Crippen LogP contribution in [0.4, 0.5) is 40.3 Å². The maximum atomic E-state index is 18.4. The molecule has 0 atom stereocenters. The zero-order valence-corrected chi connectivity index (χ0v) is 35.2. The Bertz CT molecular complexity index is 2390. The van der Waals surface area contributed by atoms with Gasteiger partial charge >= 0.3 is 350 Å². The van der Waals surface area contributed by atoms with E-state index in [-0.39, 0.29) is 32.2 Å². The Morgan fingerprint density at radius 1 is 0.407 bits per heavy atom. The van der Waals surface area contributed by atoms with Crippen molar-refractivity contribution in [2.24, 2.45) is 0 Å². The molecule has 6 aromatic carbocycles. The minimum atomic E-state index is -5.17. The molecule has 0 unspecified atom stereocenters. The minimum absolute atomic E-state index is 0.135. The second kappa shape index (κ2) is 16.9. The van der Waals surface area contributed by atoms with Gasteiger partial charge in [-0.1, -0.05) is 0 Å². The van der Waals surface area contributed by atoms with Gasteiger partial charge < -0.3 is 0 Å². The maximum absolute atomic E-state index is 18.4. The molecule has 59 heavy (non-hydrogen) atoms. The van der Waals surface area contributed by atoms with E-state index >= 15 is 17.6 Å². The Kier molecular flexibility index (Phi) is 11.5. The van der Waals surface area contributed by atoms with Gasteiger partial charge in [0.1, 0.15) is 0 Å². The molecule has 0 spiro atoms. The summed E-state index contributed by atoms with van der Waals surface area (Å²) in [5.41, 5.74) is 7.77. The summed E-state index contributed by atoms with van der Waals surface area (Å²) >= 11 is -5.17.